The summed E-state index contributed by atoms with van der Waals surface area (Å²) in [6.45, 7) is 11.2. The predicted octanol–water partition coefficient (Wildman–Crippen LogP) is 6.06. The second kappa shape index (κ2) is 7.78. The standard InChI is InChI=1S/C24H28N4OSi/c1-24(2,3)30(4,5)29-23(21-17-11-15-18-12-9-10-16-20(18)21)28-26-22(25-27-28)19-13-7-6-8-14-19/h6-17,23H,1-5H3/t23-/m0/s1. The second-order valence-corrected chi connectivity index (χ2v) is 13.9. The van der Waals surface area contributed by atoms with Crippen molar-refractivity contribution in [2.75, 3.05) is 0 Å². The summed E-state index contributed by atoms with van der Waals surface area (Å²) in [5.41, 5.74) is 1.99. The van der Waals surface area contributed by atoms with Gasteiger partial charge in [-0.1, -0.05) is 93.6 Å². The van der Waals surface area contributed by atoms with Gasteiger partial charge in [-0.3, -0.25) is 0 Å². The molecule has 0 aliphatic carbocycles. The normalized spacial score (nSPS) is 13.5. The zero-order chi connectivity index (χ0) is 21.4. The van der Waals surface area contributed by atoms with E-state index in [1.54, 1.807) is 4.80 Å². The zero-order valence-electron chi connectivity index (χ0n) is 18.2. The predicted molar refractivity (Wildman–Crippen MR) is 124 cm³/mol. The molecular formula is C24H28N4OSi. The molecule has 0 fully saturated rings. The summed E-state index contributed by atoms with van der Waals surface area (Å²) < 4.78 is 6.87. The average molecular weight is 417 g/mol. The molecular weight excluding hydrogens is 388 g/mol. The Morgan fingerprint density at radius 3 is 2.27 bits per heavy atom. The smallest absolute Gasteiger partial charge is 0.205 e. The maximum Gasteiger partial charge on any atom is 0.205 e. The molecule has 0 spiro atoms. The quantitative estimate of drug-likeness (QED) is 0.371. The molecule has 0 saturated heterocycles. The third-order valence-electron chi connectivity index (χ3n) is 5.97. The number of rotatable bonds is 5. The molecule has 0 radical (unpaired) electrons. The van der Waals surface area contributed by atoms with Crippen LogP contribution in [-0.2, 0) is 4.43 Å². The Kier molecular flexibility index (Phi) is 5.30. The van der Waals surface area contributed by atoms with Crippen molar-refractivity contribution < 1.29 is 4.43 Å². The van der Waals surface area contributed by atoms with E-state index in [2.05, 4.69) is 86.6 Å². The van der Waals surface area contributed by atoms with E-state index in [4.69, 9.17) is 9.52 Å². The molecule has 1 atom stereocenters. The number of aromatic nitrogens is 4. The number of nitrogens with zero attached hydrogens (tertiary/aromatic N) is 4. The largest absolute Gasteiger partial charge is 0.391 e. The zero-order valence-corrected chi connectivity index (χ0v) is 19.2. The Morgan fingerprint density at radius 1 is 0.867 bits per heavy atom. The molecule has 0 aliphatic heterocycles. The van der Waals surface area contributed by atoms with Crippen LogP contribution in [0.15, 0.2) is 72.8 Å². The summed E-state index contributed by atoms with van der Waals surface area (Å²) in [5.74, 6) is 0.597. The van der Waals surface area contributed by atoms with Gasteiger partial charge in [0.25, 0.3) is 0 Å². The minimum Gasteiger partial charge on any atom is -0.391 e. The fourth-order valence-electron chi connectivity index (χ4n) is 3.18. The van der Waals surface area contributed by atoms with E-state index in [1.165, 1.54) is 5.39 Å². The van der Waals surface area contributed by atoms with Gasteiger partial charge in [-0.25, -0.2) is 0 Å². The number of benzene rings is 3. The maximum atomic E-state index is 6.87. The van der Waals surface area contributed by atoms with Gasteiger partial charge in [0, 0.05) is 11.1 Å². The van der Waals surface area contributed by atoms with E-state index in [0.29, 0.717) is 5.82 Å². The summed E-state index contributed by atoms with van der Waals surface area (Å²) in [5, 5.41) is 15.8. The van der Waals surface area contributed by atoms with Gasteiger partial charge in [0.2, 0.25) is 5.82 Å². The van der Waals surface area contributed by atoms with Crippen LogP contribution >= 0.6 is 0 Å². The summed E-state index contributed by atoms with van der Waals surface area (Å²) in [7, 11) is -2.12. The first-order chi connectivity index (χ1) is 14.3. The van der Waals surface area contributed by atoms with Crippen molar-refractivity contribution in [1.82, 2.24) is 20.2 Å². The van der Waals surface area contributed by atoms with Gasteiger partial charge in [-0.15, -0.1) is 15.0 Å². The first kappa shape index (κ1) is 20.4. The lowest BCUT2D eigenvalue weighted by Gasteiger charge is -2.39. The van der Waals surface area contributed by atoms with Crippen molar-refractivity contribution in [3.05, 3.63) is 78.4 Å². The fourth-order valence-corrected chi connectivity index (χ4v) is 4.32. The highest BCUT2D eigenvalue weighted by molar-refractivity contribution is 6.74. The molecule has 3 aromatic carbocycles. The van der Waals surface area contributed by atoms with E-state index in [-0.39, 0.29) is 5.04 Å². The molecule has 0 amide bonds. The molecule has 4 aromatic rings. The number of fused-ring (bicyclic) bond motifs is 1. The summed E-state index contributed by atoms with van der Waals surface area (Å²) in [4.78, 5) is 1.63. The molecule has 154 valence electrons. The van der Waals surface area contributed by atoms with E-state index in [0.717, 1.165) is 16.5 Å². The van der Waals surface area contributed by atoms with E-state index >= 15 is 0 Å². The Labute approximate surface area is 178 Å². The third kappa shape index (κ3) is 3.93. The van der Waals surface area contributed by atoms with Crippen molar-refractivity contribution in [1.29, 1.82) is 0 Å². The minimum atomic E-state index is -2.12. The Bertz CT molecular complexity index is 1140. The lowest BCUT2D eigenvalue weighted by molar-refractivity contribution is 0.124. The van der Waals surface area contributed by atoms with Crippen LogP contribution in [-0.4, -0.2) is 28.5 Å². The molecule has 0 bridgehead atoms. The molecule has 0 unspecified atom stereocenters. The lowest BCUT2D eigenvalue weighted by atomic mass is 10.0. The Balaban J connectivity index is 1.83. The van der Waals surface area contributed by atoms with Gasteiger partial charge in [-0.2, -0.15) is 0 Å². The van der Waals surface area contributed by atoms with Crippen LogP contribution in [0.3, 0.4) is 0 Å². The van der Waals surface area contributed by atoms with Crippen LogP contribution in [0.1, 0.15) is 32.6 Å². The van der Waals surface area contributed by atoms with Crippen LogP contribution in [0.4, 0.5) is 0 Å². The SMILES string of the molecule is CC(C)(C)[Si](C)(C)O[C@@H](c1cccc2ccccc12)n1nnc(-c2ccccc2)n1. The molecule has 1 aromatic heterocycles. The first-order valence-electron chi connectivity index (χ1n) is 10.3. The summed E-state index contributed by atoms with van der Waals surface area (Å²) in [6, 6.07) is 24.5. The summed E-state index contributed by atoms with van der Waals surface area (Å²) in [6.07, 6.45) is -0.443. The van der Waals surface area contributed by atoms with Gasteiger partial charge in [0.05, 0.1) is 0 Å². The molecule has 0 N–H and O–H groups in total. The van der Waals surface area contributed by atoms with Crippen molar-refractivity contribution in [2.45, 2.75) is 45.1 Å². The van der Waals surface area contributed by atoms with Crippen LogP contribution in [0.2, 0.25) is 18.1 Å². The van der Waals surface area contributed by atoms with Gasteiger partial charge in [-0.05, 0) is 34.1 Å². The van der Waals surface area contributed by atoms with Crippen molar-refractivity contribution in [2.24, 2.45) is 0 Å². The van der Waals surface area contributed by atoms with Crippen LogP contribution in [0, 0.1) is 0 Å². The monoisotopic (exact) mass is 416 g/mol. The van der Waals surface area contributed by atoms with E-state index < -0.39 is 14.5 Å². The van der Waals surface area contributed by atoms with E-state index in [9.17, 15) is 0 Å². The second-order valence-electron chi connectivity index (χ2n) is 9.10. The minimum absolute atomic E-state index is 0.0542. The summed E-state index contributed by atoms with van der Waals surface area (Å²) >= 11 is 0. The lowest BCUT2D eigenvalue weighted by Crippen LogP contribution is -2.43. The van der Waals surface area contributed by atoms with Crippen molar-refractivity contribution in [3.8, 4) is 11.4 Å². The Morgan fingerprint density at radius 2 is 1.53 bits per heavy atom. The van der Waals surface area contributed by atoms with Gasteiger partial charge in [0.1, 0.15) is 0 Å². The highest BCUT2D eigenvalue weighted by Gasteiger charge is 2.41. The maximum absolute atomic E-state index is 6.87. The molecule has 0 aliphatic rings. The molecule has 1 heterocycles. The van der Waals surface area contributed by atoms with Gasteiger partial charge < -0.3 is 4.43 Å². The molecule has 6 heteroatoms. The van der Waals surface area contributed by atoms with Gasteiger partial charge >= 0.3 is 0 Å². The van der Waals surface area contributed by atoms with Gasteiger partial charge in [0.15, 0.2) is 14.5 Å². The molecule has 0 saturated carbocycles. The molecule has 4 rings (SSSR count). The Hall–Kier alpha value is -2.83. The number of hydrogen-bond donors (Lipinski definition) is 0. The third-order valence-corrected chi connectivity index (χ3v) is 10.4. The molecule has 30 heavy (non-hydrogen) atoms. The van der Waals surface area contributed by atoms with Crippen LogP contribution < -0.4 is 0 Å². The topological polar surface area (TPSA) is 52.8 Å². The highest BCUT2D eigenvalue weighted by atomic mass is 28.4. The number of tetrazole rings is 1. The highest BCUT2D eigenvalue weighted by Crippen LogP contribution is 2.41. The number of hydrogen-bond acceptors (Lipinski definition) is 4. The average Bonchev–Trinajstić information content (AvgIpc) is 3.22. The first-order valence-corrected chi connectivity index (χ1v) is 13.2. The van der Waals surface area contributed by atoms with Crippen LogP contribution in [0.5, 0.6) is 0 Å². The van der Waals surface area contributed by atoms with Crippen molar-refractivity contribution in [3.63, 3.8) is 0 Å². The molecule has 5 nitrogen and oxygen atoms in total. The van der Waals surface area contributed by atoms with E-state index in [1.807, 2.05) is 30.3 Å². The van der Waals surface area contributed by atoms with Crippen molar-refractivity contribution >= 4 is 19.1 Å². The fraction of sp³-hybridized carbons (Fsp3) is 0.292. The van der Waals surface area contributed by atoms with Crippen LogP contribution in [0.25, 0.3) is 22.2 Å².